The predicted octanol–water partition coefficient (Wildman–Crippen LogP) is 3.38. The molecular weight excluding hydrogens is 508 g/mol. The number of benzene rings is 1. The van der Waals surface area contributed by atoms with E-state index in [2.05, 4.69) is 5.32 Å². The van der Waals surface area contributed by atoms with Gasteiger partial charge in [0.05, 0.1) is 24.8 Å². The number of rotatable bonds is 10. The summed E-state index contributed by atoms with van der Waals surface area (Å²) in [6.45, 7) is 5.81. The van der Waals surface area contributed by atoms with E-state index in [9.17, 15) is 22.8 Å². The molecule has 196 valence electrons. The predicted molar refractivity (Wildman–Crippen MR) is 134 cm³/mol. The number of aryl methyl sites for hydroxylation is 1. The van der Waals surface area contributed by atoms with Crippen LogP contribution in [-0.2, 0) is 30.7 Å². The molecule has 1 aromatic carbocycles. The number of anilines is 1. The lowest BCUT2D eigenvalue weighted by Crippen LogP contribution is -2.28. The molecule has 0 aliphatic carbocycles. The van der Waals surface area contributed by atoms with Crippen molar-refractivity contribution < 1.29 is 37.0 Å². The monoisotopic (exact) mass is 538 g/mol. The molecule has 1 aliphatic heterocycles. The summed E-state index contributed by atoms with van der Waals surface area (Å²) < 4.78 is 42.9. The summed E-state index contributed by atoms with van der Waals surface area (Å²) >= 11 is 1.24. The smallest absolute Gasteiger partial charge is 0.341 e. The fourth-order valence-electron chi connectivity index (χ4n) is 3.96. The number of amides is 1. The van der Waals surface area contributed by atoms with Crippen molar-refractivity contribution in [2.24, 2.45) is 0 Å². The Hall–Kier alpha value is -2.96. The van der Waals surface area contributed by atoms with Crippen molar-refractivity contribution >= 4 is 44.2 Å². The van der Waals surface area contributed by atoms with E-state index >= 15 is 0 Å². The molecule has 12 heteroatoms. The second-order valence-corrected chi connectivity index (χ2v) is 11.1. The van der Waals surface area contributed by atoms with Crippen LogP contribution in [0.5, 0.6) is 5.75 Å². The molecule has 1 aromatic heterocycles. The van der Waals surface area contributed by atoms with E-state index in [-0.39, 0.29) is 22.8 Å². The second-order valence-electron chi connectivity index (χ2n) is 8.02. The topological polar surface area (TPSA) is 128 Å². The average molecular weight is 539 g/mol. The number of esters is 2. The van der Waals surface area contributed by atoms with E-state index in [0.29, 0.717) is 30.1 Å². The Labute approximate surface area is 214 Å². The summed E-state index contributed by atoms with van der Waals surface area (Å²) in [5.41, 5.74) is 1.05. The van der Waals surface area contributed by atoms with Gasteiger partial charge in [0.1, 0.15) is 15.6 Å². The lowest BCUT2D eigenvalue weighted by Gasteiger charge is -2.18. The van der Waals surface area contributed by atoms with Crippen molar-refractivity contribution in [2.45, 2.75) is 44.9 Å². The van der Waals surface area contributed by atoms with Gasteiger partial charge in [-0.3, -0.25) is 4.79 Å². The number of carbonyl (C=O) groups excluding carboxylic acids is 3. The highest BCUT2D eigenvalue weighted by Gasteiger charge is 2.31. The molecule has 36 heavy (non-hydrogen) atoms. The van der Waals surface area contributed by atoms with Crippen molar-refractivity contribution in [2.75, 3.05) is 38.7 Å². The molecule has 0 atom stereocenters. The van der Waals surface area contributed by atoms with E-state index in [0.717, 1.165) is 23.3 Å². The first-order chi connectivity index (χ1) is 17.1. The van der Waals surface area contributed by atoms with Gasteiger partial charge in [-0.2, -0.15) is 4.31 Å². The third kappa shape index (κ3) is 5.88. The molecule has 2 aromatic rings. The number of methoxy groups -OCH3 is 1. The van der Waals surface area contributed by atoms with Gasteiger partial charge in [-0.15, -0.1) is 11.3 Å². The van der Waals surface area contributed by atoms with Crippen molar-refractivity contribution in [1.82, 2.24) is 4.31 Å². The molecule has 1 amide bonds. The van der Waals surface area contributed by atoms with E-state index in [1.54, 1.807) is 6.92 Å². The molecule has 1 N–H and O–H groups in total. The molecular formula is C24H30N2O8S2. The highest BCUT2D eigenvalue weighted by Crippen LogP contribution is 2.34. The number of hydrogen-bond acceptors (Lipinski definition) is 9. The summed E-state index contributed by atoms with van der Waals surface area (Å²) in [4.78, 5) is 38.4. The largest absolute Gasteiger partial charge is 0.495 e. The summed E-state index contributed by atoms with van der Waals surface area (Å²) in [6.07, 6.45) is 2.11. The van der Waals surface area contributed by atoms with Gasteiger partial charge in [-0.1, -0.05) is 6.92 Å². The quantitative estimate of drug-likeness (QED) is 0.456. The highest BCUT2D eigenvalue weighted by molar-refractivity contribution is 7.89. The minimum absolute atomic E-state index is 0.0335. The molecule has 2 heterocycles. The first kappa shape index (κ1) is 27.6. The van der Waals surface area contributed by atoms with Crippen molar-refractivity contribution in [3.8, 4) is 5.75 Å². The van der Waals surface area contributed by atoms with E-state index in [4.69, 9.17) is 14.2 Å². The van der Waals surface area contributed by atoms with Crippen LogP contribution in [0.25, 0.3) is 0 Å². The molecule has 1 saturated heterocycles. The lowest BCUT2D eigenvalue weighted by atomic mass is 10.1. The molecule has 1 fully saturated rings. The van der Waals surface area contributed by atoms with Gasteiger partial charge >= 0.3 is 11.9 Å². The second kappa shape index (κ2) is 11.8. The summed E-state index contributed by atoms with van der Waals surface area (Å²) in [6, 6.07) is 3.95. The summed E-state index contributed by atoms with van der Waals surface area (Å²) in [7, 11) is -2.50. The Balaban J connectivity index is 1.73. The summed E-state index contributed by atoms with van der Waals surface area (Å²) in [5, 5.41) is 2.95. The molecule has 0 saturated carbocycles. The third-order valence-corrected chi connectivity index (χ3v) is 8.69. The molecule has 3 rings (SSSR count). The van der Waals surface area contributed by atoms with Gasteiger partial charge in [0.25, 0.3) is 5.91 Å². The SMILES string of the molecule is CCOC(=O)c1c(NC(=O)COC(=O)c2ccc(OC)c(S(=O)(=O)N3CCCC3)c2)sc(C)c1CC. The van der Waals surface area contributed by atoms with Crippen LogP contribution in [0.1, 0.15) is 57.8 Å². The Bertz CT molecular complexity index is 1250. The molecule has 0 radical (unpaired) electrons. The zero-order valence-corrected chi connectivity index (χ0v) is 22.3. The fraction of sp³-hybridized carbons (Fsp3) is 0.458. The number of carbonyl (C=O) groups is 3. The zero-order chi connectivity index (χ0) is 26.5. The van der Waals surface area contributed by atoms with Gasteiger partial charge < -0.3 is 19.5 Å². The Morgan fingerprint density at radius 3 is 2.39 bits per heavy atom. The number of nitrogens with zero attached hydrogens (tertiary/aromatic N) is 1. The minimum Gasteiger partial charge on any atom is -0.495 e. The number of hydrogen-bond donors (Lipinski definition) is 1. The van der Waals surface area contributed by atoms with Crippen LogP contribution in [0.3, 0.4) is 0 Å². The van der Waals surface area contributed by atoms with Gasteiger partial charge in [0, 0.05) is 18.0 Å². The Kier molecular flexibility index (Phi) is 9.09. The van der Waals surface area contributed by atoms with Crippen molar-refractivity contribution in [3.05, 3.63) is 39.8 Å². The summed E-state index contributed by atoms with van der Waals surface area (Å²) in [5.74, 6) is -1.93. The standard InChI is InChI=1S/C24H30N2O8S2/c1-5-17-15(3)35-22(21(17)24(29)33-6-2)25-20(27)14-34-23(28)16-9-10-18(32-4)19(13-16)36(30,31)26-11-7-8-12-26/h9-10,13H,5-8,11-12,14H2,1-4H3,(H,25,27). The van der Waals surface area contributed by atoms with Crippen LogP contribution in [0.15, 0.2) is 23.1 Å². The molecule has 0 bridgehead atoms. The maximum Gasteiger partial charge on any atom is 0.341 e. The number of thiophene rings is 1. The zero-order valence-electron chi connectivity index (χ0n) is 20.7. The molecule has 1 aliphatic rings. The van der Waals surface area contributed by atoms with Gasteiger partial charge in [0.2, 0.25) is 10.0 Å². The third-order valence-electron chi connectivity index (χ3n) is 5.71. The normalized spacial score (nSPS) is 13.9. The van der Waals surface area contributed by atoms with Crippen LogP contribution < -0.4 is 10.1 Å². The maximum atomic E-state index is 13.0. The highest BCUT2D eigenvalue weighted by atomic mass is 32.2. The van der Waals surface area contributed by atoms with Crippen molar-refractivity contribution in [1.29, 1.82) is 0 Å². The average Bonchev–Trinajstić information content (AvgIpc) is 3.50. The van der Waals surface area contributed by atoms with E-state index in [1.165, 1.54) is 41.0 Å². The number of nitrogens with one attached hydrogen (secondary N) is 1. The van der Waals surface area contributed by atoms with Crippen LogP contribution in [0.4, 0.5) is 5.00 Å². The van der Waals surface area contributed by atoms with Crippen molar-refractivity contribution in [3.63, 3.8) is 0 Å². The van der Waals surface area contributed by atoms with Crippen LogP contribution in [0, 0.1) is 6.92 Å². The molecule has 10 nitrogen and oxygen atoms in total. The van der Waals surface area contributed by atoms with Crippen LogP contribution in [-0.4, -0.2) is 64.0 Å². The van der Waals surface area contributed by atoms with E-state index < -0.39 is 34.5 Å². The van der Waals surface area contributed by atoms with Gasteiger partial charge in [-0.05, 0) is 56.9 Å². The lowest BCUT2D eigenvalue weighted by molar-refractivity contribution is -0.119. The number of sulfonamides is 1. The van der Waals surface area contributed by atoms with Crippen LogP contribution in [0.2, 0.25) is 0 Å². The van der Waals surface area contributed by atoms with Gasteiger partial charge in [-0.25, -0.2) is 18.0 Å². The Morgan fingerprint density at radius 2 is 1.78 bits per heavy atom. The first-order valence-corrected chi connectivity index (χ1v) is 13.8. The van der Waals surface area contributed by atoms with E-state index in [1.807, 2.05) is 13.8 Å². The Morgan fingerprint density at radius 1 is 1.08 bits per heavy atom. The minimum atomic E-state index is -3.85. The molecule has 0 spiro atoms. The maximum absolute atomic E-state index is 13.0. The van der Waals surface area contributed by atoms with Crippen LogP contribution >= 0.6 is 11.3 Å². The van der Waals surface area contributed by atoms with Gasteiger partial charge in [0.15, 0.2) is 6.61 Å². The number of ether oxygens (including phenoxy) is 3. The molecule has 0 unspecified atom stereocenters. The first-order valence-electron chi connectivity index (χ1n) is 11.6. The fourth-order valence-corrected chi connectivity index (χ4v) is 6.81.